The van der Waals surface area contributed by atoms with Gasteiger partial charge in [0.15, 0.2) is 0 Å². The number of nitrogens with zero attached hydrogens (tertiary/aromatic N) is 1. The highest BCUT2D eigenvalue weighted by Crippen LogP contribution is 2.27. The van der Waals surface area contributed by atoms with Crippen molar-refractivity contribution in [2.45, 2.75) is 12.5 Å². The minimum absolute atomic E-state index is 0.0139. The highest BCUT2D eigenvalue weighted by atomic mass is 79.9. The molecule has 5 heteroatoms. The van der Waals surface area contributed by atoms with Crippen molar-refractivity contribution < 1.29 is 4.74 Å². The molecule has 2 N–H and O–H groups in total. The lowest BCUT2D eigenvalue weighted by atomic mass is 10.1. The van der Waals surface area contributed by atoms with Gasteiger partial charge in [-0.3, -0.25) is 4.98 Å². The summed E-state index contributed by atoms with van der Waals surface area (Å²) in [4.78, 5) is 5.26. The molecule has 3 nitrogen and oxygen atoms in total. The maximum Gasteiger partial charge on any atom is 0.129 e. The minimum atomic E-state index is -0.0139. The Morgan fingerprint density at radius 1 is 1.47 bits per heavy atom. The number of nitrogens with two attached hydrogens (primary N) is 1. The molecular formula is C12H13BrN2OS. The monoisotopic (exact) mass is 312 g/mol. The Hall–Kier alpha value is -0.910. The van der Waals surface area contributed by atoms with Gasteiger partial charge >= 0.3 is 0 Å². The summed E-state index contributed by atoms with van der Waals surface area (Å²) in [5, 5.41) is 1.97. The number of halogens is 1. The molecule has 0 saturated carbocycles. The van der Waals surface area contributed by atoms with Crippen molar-refractivity contribution in [1.29, 1.82) is 0 Å². The molecule has 2 rings (SSSR count). The van der Waals surface area contributed by atoms with Crippen LogP contribution in [0.15, 0.2) is 34.4 Å². The summed E-state index contributed by atoms with van der Waals surface area (Å²) in [6, 6.07) is 4.01. The Morgan fingerprint density at radius 3 is 2.94 bits per heavy atom. The standard InChI is InChI=1S/C12H13BrN2OS/c1-16-10-4-12(17-7-10)11(14)3-8-2-9(13)6-15-5-8/h2,4-7,11H,3,14H2,1H3. The van der Waals surface area contributed by atoms with Crippen molar-refractivity contribution in [3.8, 4) is 5.75 Å². The van der Waals surface area contributed by atoms with Gasteiger partial charge in [-0.1, -0.05) is 0 Å². The van der Waals surface area contributed by atoms with Crippen LogP contribution in [0.3, 0.4) is 0 Å². The van der Waals surface area contributed by atoms with E-state index in [1.54, 1.807) is 24.6 Å². The number of hydrogen-bond acceptors (Lipinski definition) is 4. The van der Waals surface area contributed by atoms with Crippen molar-refractivity contribution in [1.82, 2.24) is 4.98 Å². The van der Waals surface area contributed by atoms with Gasteiger partial charge < -0.3 is 10.5 Å². The minimum Gasteiger partial charge on any atom is -0.496 e. The SMILES string of the molecule is COc1csc(C(N)Cc2cncc(Br)c2)c1. The molecular weight excluding hydrogens is 300 g/mol. The van der Waals surface area contributed by atoms with E-state index in [0.717, 1.165) is 27.1 Å². The summed E-state index contributed by atoms with van der Waals surface area (Å²) in [5.74, 6) is 0.868. The van der Waals surface area contributed by atoms with Crippen molar-refractivity contribution in [3.05, 3.63) is 44.8 Å². The van der Waals surface area contributed by atoms with Gasteiger partial charge in [-0.15, -0.1) is 11.3 Å². The van der Waals surface area contributed by atoms with E-state index in [0.29, 0.717) is 0 Å². The third kappa shape index (κ3) is 3.28. The Bertz CT molecular complexity index is 501. The van der Waals surface area contributed by atoms with Crippen LogP contribution < -0.4 is 10.5 Å². The van der Waals surface area contributed by atoms with Gasteiger partial charge in [0.2, 0.25) is 0 Å². The number of ether oxygens (including phenoxy) is 1. The molecule has 1 atom stereocenters. The average molecular weight is 313 g/mol. The normalized spacial score (nSPS) is 12.4. The second-order valence-electron chi connectivity index (χ2n) is 3.71. The van der Waals surface area contributed by atoms with Crippen molar-refractivity contribution in [3.63, 3.8) is 0 Å². The van der Waals surface area contributed by atoms with E-state index < -0.39 is 0 Å². The van der Waals surface area contributed by atoms with Crippen LogP contribution in [0.5, 0.6) is 5.75 Å². The van der Waals surface area contributed by atoms with E-state index in [4.69, 9.17) is 10.5 Å². The first-order valence-electron chi connectivity index (χ1n) is 5.16. The fraction of sp³-hybridized carbons (Fsp3) is 0.250. The summed E-state index contributed by atoms with van der Waals surface area (Å²) in [6.45, 7) is 0. The smallest absolute Gasteiger partial charge is 0.129 e. The average Bonchev–Trinajstić information content (AvgIpc) is 2.77. The van der Waals surface area contributed by atoms with Crippen LogP contribution in [0.2, 0.25) is 0 Å². The summed E-state index contributed by atoms with van der Waals surface area (Å²) in [7, 11) is 1.66. The number of methoxy groups -OCH3 is 1. The Morgan fingerprint density at radius 2 is 2.29 bits per heavy atom. The Kier molecular flexibility index (Phi) is 4.15. The van der Waals surface area contributed by atoms with Crippen LogP contribution >= 0.6 is 27.3 Å². The van der Waals surface area contributed by atoms with Crippen molar-refractivity contribution >= 4 is 27.3 Å². The van der Waals surface area contributed by atoms with Gasteiger partial charge in [0.1, 0.15) is 5.75 Å². The predicted octanol–water partition coefficient (Wildman–Crippen LogP) is 3.16. The molecule has 0 aliphatic carbocycles. The second kappa shape index (κ2) is 5.62. The summed E-state index contributed by atoms with van der Waals surface area (Å²) < 4.78 is 6.13. The zero-order valence-corrected chi connectivity index (χ0v) is 11.8. The molecule has 0 radical (unpaired) electrons. The van der Waals surface area contributed by atoms with Crippen LogP contribution in [0.1, 0.15) is 16.5 Å². The first kappa shape index (κ1) is 12.5. The van der Waals surface area contributed by atoms with Gasteiger partial charge in [0.25, 0.3) is 0 Å². The van der Waals surface area contributed by atoms with E-state index in [-0.39, 0.29) is 6.04 Å². The van der Waals surface area contributed by atoms with E-state index in [9.17, 15) is 0 Å². The topological polar surface area (TPSA) is 48.1 Å². The number of hydrogen-bond donors (Lipinski definition) is 1. The Labute approximate surface area is 113 Å². The largest absolute Gasteiger partial charge is 0.496 e. The third-order valence-electron chi connectivity index (χ3n) is 2.41. The number of rotatable bonds is 4. The lowest BCUT2D eigenvalue weighted by molar-refractivity contribution is 0.416. The molecule has 0 aromatic carbocycles. The molecule has 0 fully saturated rings. The molecule has 2 heterocycles. The fourth-order valence-corrected chi connectivity index (χ4v) is 2.83. The quantitative estimate of drug-likeness (QED) is 0.943. The molecule has 0 spiro atoms. The van der Waals surface area contributed by atoms with Crippen molar-refractivity contribution in [2.24, 2.45) is 5.73 Å². The van der Waals surface area contributed by atoms with E-state index >= 15 is 0 Å². The Balaban J connectivity index is 2.08. The predicted molar refractivity (Wildman–Crippen MR) is 73.4 cm³/mol. The lowest BCUT2D eigenvalue weighted by Crippen LogP contribution is -2.11. The van der Waals surface area contributed by atoms with Crippen LogP contribution in [0.25, 0.3) is 0 Å². The zero-order valence-electron chi connectivity index (χ0n) is 9.39. The highest BCUT2D eigenvalue weighted by molar-refractivity contribution is 9.10. The third-order valence-corrected chi connectivity index (χ3v) is 3.89. The number of pyridine rings is 1. The first-order valence-corrected chi connectivity index (χ1v) is 6.83. The van der Waals surface area contributed by atoms with Gasteiger partial charge in [-0.05, 0) is 40.0 Å². The number of thiophene rings is 1. The molecule has 0 amide bonds. The molecule has 1 unspecified atom stereocenters. The van der Waals surface area contributed by atoms with Crippen molar-refractivity contribution in [2.75, 3.05) is 7.11 Å². The molecule has 0 aliphatic rings. The molecule has 90 valence electrons. The first-order chi connectivity index (χ1) is 8.19. The molecule has 0 saturated heterocycles. The van der Waals surface area contributed by atoms with Gasteiger partial charge in [0, 0.05) is 33.2 Å². The van der Waals surface area contributed by atoms with Gasteiger partial charge in [-0.25, -0.2) is 0 Å². The summed E-state index contributed by atoms with van der Waals surface area (Å²) in [5.41, 5.74) is 7.28. The van der Waals surface area contributed by atoms with Crippen LogP contribution in [0.4, 0.5) is 0 Å². The van der Waals surface area contributed by atoms with Crippen LogP contribution in [0, 0.1) is 0 Å². The number of aromatic nitrogens is 1. The lowest BCUT2D eigenvalue weighted by Gasteiger charge is -2.09. The maximum absolute atomic E-state index is 6.16. The fourth-order valence-electron chi connectivity index (χ4n) is 1.56. The van der Waals surface area contributed by atoms with Gasteiger partial charge in [0.05, 0.1) is 7.11 Å². The highest BCUT2D eigenvalue weighted by Gasteiger charge is 2.10. The molecule has 2 aromatic heterocycles. The maximum atomic E-state index is 6.16. The van der Waals surface area contributed by atoms with E-state index in [2.05, 4.69) is 20.9 Å². The van der Waals surface area contributed by atoms with E-state index in [1.807, 2.05) is 23.7 Å². The van der Waals surface area contributed by atoms with Gasteiger partial charge in [-0.2, -0.15) is 0 Å². The second-order valence-corrected chi connectivity index (χ2v) is 5.57. The van der Waals surface area contributed by atoms with Crippen LogP contribution in [-0.4, -0.2) is 12.1 Å². The summed E-state index contributed by atoms with van der Waals surface area (Å²) >= 11 is 5.03. The molecule has 0 bridgehead atoms. The molecule has 2 aromatic rings. The van der Waals surface area contributed by atoms with E-state index in [1.165, 1.54) is 0 Å². The zero-order chi connectivity index (χ0) is 12.3. The molecule has 17 heavy (non-hydrogen) atoms. The molecule has 0 aliphatic heterocycles. The van der Waals surface area contributed by atoms with Crippen LogP contribution in [-0.2, 0) is 6.42 Å². The summed E-state index contributed by atoms with van der Waals surface area (Å²) in [6.07, 6.45) is 4.38.